The number of imide groups is 1. The van der Waals surface area contributed by atoms with Crippen molar-refractivity contribution in [2.75, 3.05) is 39.3 Å². The molecule has 2 heterocycles. The number of nitrogens with one attached hydrogen (secondary N) is 2. The van der Waals surface area contributed by atoms with Crippen LogP contribution >= 0.6 is 0 Å². The number of carbonyl (C=O) groups excluding carboxylic acids is 3. The van der Waals surface area contributed by atoms with Crippen molar-refractivity contribution >= 4 is 17.8 Å². The van der Waals surface area contributed by atoms with Gasteiger partial charge in [0, 0.05) is 26.2 Å². The minimum absolute atomic E-state index is 0.146. The van der Waals surface area contributed by atoms with Crippen LogP contribution in [-0.4, -0.2) is 73.1 Å². The van der Waals surface area contributed by atoms with Crippen molar-refractivity contribution in [1.82, 2.24) is 20.4 Å². The summed E-state index contributed by atoms with van der Waals surface area (Å²) in [5.41, 5.74) is 0.438. The topological polar surface area (TPSA) is 94.9 Å². The molecule has 25 heavy (non-hydrogen) atoms. The highest BCUT2D eigenvalue weighted by Crippen LogP contribution is 2.12. The molecule has 1 aromatic rings. The fraction of sp³-hybridized carbons (Fsp3) is 0.500. The van der Waals surface area contributed by atoms with E-state index in [-0.39, 0.29) is 12.5 Å². The van der Waals surface area contributed by atoms with Gasteiger partial charge in [0.15, 0.2) is 0 Å². The van der Waals surface area contributed by atoms with E-state index in [1.165, 1.54) is 12.5 Å². The number of piperazine rings is 1. The maximum absolute atomic E-state index is 12.1. The highest BCUT2D eigenvalue weighted by molar-refractivity contribution is 5.95. The maximum atomic E-state index is 12.1. The SMILES string of the molecule is O=C(CN1CCN(C(=O)c2ccoc2)CC1)NC(=O)NCC(F)(F)F. The maximum Gasteiger partial charge on any atom is 0.405 e. The Labute approximate surface area is 140 Å². The summed E-state index contributed by atoms with van der Waals surface area (Å²) in [7, 11) is 0. The molecular weight excluding hydrogens is 345 g/mol. The number of nitrogens with zero attached hydrogens (tertiary/aromatic N) is 2. The summed E-state index contributed by atoms with van der Waals surface area (Å²) in [4.78, 5) is 38.3. The van der Waals surface area contributed by atoms with Gasteiger partial charge in [-0.2, -0.15) is 13.2 Å². The van der Waals surface area contributed by atoms with Gasteiger partial charge in [-0.25, -0.2) is 4.79 Å². The Bertz CT molecular complexity index is 610. The van der Waals surface area contributed by atoms with Crippen molar-refractivity contribution in [3.8, 4) is 0 Å². The molecule has 1 aromatic heterocycles. The van der Waals surface area contributed by atoms with E-state index >= 15 is 0 Å². The second-order valence-corrected chi connectivity index (χ2v) is 5.43. The highest BCUT2D eigenvalue weighted by Gasteiger charge is 2.28. The van der Waals surface area contributed by atoms with Gasteiger partial charge in [-0.1, -0.05) is 0 Å². The molecule has 8 nitrogen and oxygen atoms in total. The Balaban J connectivity index is 1.70. The van der Waals surface area contributed by atoms with Crippen LogP contribution in [0.4, 0.5) is 18.0 Å². The van der Waals surface area contributed by atoms with Gasteiger partial charge in [-0.05, 0) is 6.07 Å². The smallest absolute Gasteiger partial charge is 0.405 e. The van der Waals surface area contributed by atoms with Gasteiger partial charge in [0.2, 0.25) is 5.91 Å². The number of carbonyl (C=O) groups is 3. The zero-order valence-electron chi connectivity index (χ0n) is 13.1. The fourth-order valence-corrected chi connectivity index (χ4v) is 2.27. The van der Waals surface area contributed by atoms with Crippen molar-refractivity contribution in [1.29, 1.82) is 0 Å². The molecule has 0 aliphatic carbocycles. The average molecular weight is 362 g/mol. The molecule has 1 saturated heterocycles. The van der Waals surface area contributed by atoms with Crippen molar-refractivity contribution in [3.63, 3.8) is 0 Å². The van der Waals surface area contributed by atoms with Crippen molar-refractivity contribution in [3.05, 3.63) is 24.2 Å². The van der Waals surface area contributed by atoms with Crippen LogP contribution in [0.25, 0.3) is 0 Å². The number of rotatable bonds is 4. The van der Waals surface area contributed by atoms with E-state index in [0.29, 0.717) is 31.7 Å². The van der Waals surface area contributed by atoms with Gasteiger partial charge in [-0.15, -0.1) is 0 Å². The first-order valence-corrected chi connectivity index (χ1v) is 7.43. The predicted octanol–water partition coefficient (Wildman–Crippen LogP) is 0.425. The lowest BCUT2D eigenvalue weighted by molar-refractivity contribution is -0.125. The number of urea groups is 1. The third-order valence-electron chi connectivity index (χ3n) is 3.50. The van der Waals surface area contributed by atoms with Gasteiger partial charge in [0.25, 0.3) is 5.91 Å². The number of amides is 4. The van der Waals surface area contributed by atoms with Crippen LogP contribution < -0.4 is 10.6 Å². The molecule has 0 bridgehead atoms. The van der Waals surface area contributed by atoms with Crippen LogP contribution in [0, 0.1) is 0 Å². The summed E-state index contributed by atoms with van der Waals surface area (Å²) >= 11 is 0. The van der Waals surface area contributed by atoms with Gasteiger partial charge < -0.3 is 14.6 Å². The summed E-state index contributed by atoms with van der Waals surface area (Å²) in [5.74, 6) is -0.890. The molecule has 1 aliphatic rings. The van der Waals surface area contributed by atoms with Crippen molar-refractivity contribution < 1.29 is 32.0 Å². The molecule has 1 aliphatic heterocycles. The largest absolute Gasteiger partial charge is 0.472 e. The van der Waals surface area contributed by atoms with Crippen LogP contribution in [0.1, 0.15) is 10.4 Å². The summed E-state index contributed by atoms with van der Waals surface area (Å²) in [6.07, 6.45) is -1.79. The first kappa shape index (κ1) is 18.8. The molecule has 0 spiro atoms. The second-order valence-electron chi connectivity index (χ2n) is 5.43. The normalized spacial score (nSPS) is 15.7. The Morgan fingerprint density at radius 3 is 2.40 bits per heavy atom. The first-order chi connectivity index (χ1) is 11.7. The Morgan fingerprint density at radius 1 is 1.16 bits per heavy atom. The Hall–Kier alpha value is -2.56. The van der Waals surface area contributed by atoms with E-state index in [0.717, 1.165) is 0 Å². The zero-order valence-corrected chi connectivity index (χ0v) is 13.1. The zero-order chi connectivity index (χ0) is 18.4. The summed E-state index contributed by atoms with van der Waals surface area (Å²) < 4.78 is 40.7. The Kier molecular flexibility index (Phi) is 6.02. The molecule has 4 amide bonds. The van der Waals surface area contributed by atoms with E-state index in [1.807, 2.05) is 5.32 Å². The van der Waals surface area contributed by atoms with E-state index < -0.39 is 24.7 Å². The number of halogens is 3. The van der Waals surface area contributed by atoms with E-state index in [9.17, 15) is 27.6 Å². The highest BCUT2D eigenvalue weighted by atomic mass is 19.4. The number of alkyl halides is 3. The van der Waals surface area contributed by atoms with Gasteiger partial charge in [-0.3, -0.25) is 19.8 Å². The average Bonchev–Trinajstić information content (AvgIpc) is 3.06. The molecule has 1 fully saturated rings. The summed E-state index contributed by atoms with van der Waals surface area (Å²) in [6.45, 7) is -0.0778. The van der Waals surface area contributed by atoms with Crippen LogP contribution in [0.2, 0.25) is 0 Å². The van der Waals surface area contributed by atoms with Gasteiger partial charge in [0.1, 0.15) is 12.8 Å². The van der Waals surface area contributed by atoms with Gasteiger partial charge >= 0.3 is 12.2 Å². The van der Waals surface area contributed by atoms with Crippen molar-refractivity contribution in [2.24, 2.45) is 0 Å². The minimum Gasteiger partial charge on any atom is -0.472 e. The fourth-order valence-electron chi connectivity index (χ4n) is 2.27. The van der Waals surface area contributed by atoms with E-state index in [1.54, 1.807) is 21.2 Å². The summed E-state index contributed by atoms with van der Waals surface area (Å²) in [5, 5.41) is 3.38. The molecule has 0 atom stereocenters. The number of hydrogen-bond donors (Lipinski definition) is 2. The van der Waals surface area contributed by atoms with E-state index in [2.05, 4.69) is 0 Å². The standard InChI is InChI=1S/C14H17F3N4O4/c15-14(16,17)9-18-13(24)19-11(22)7-20-2-4-21(5-3-20)12(23)10-1-6-25-8-10/h1,6,8H,2-5,7,9H2,(H2,18,19,22,24). The molecule has 2 N–H and O–H groups in total. The Morgan fingerprint density at radius 2 is 1.84 bits per heavy atom. The number of furan rings is 1. The van der Waals surface area contributed by atoms with Crippen LogP contribution in [0.3, 0.4) is 0 Å². The van der Waals surface area contributed by atoms with Gasteiger partial charge in [0.05, 0.1) is 18.4 Å². The molecule has 11 heteroatoms. The predicted molar refractivity (Wildman–Crippen MR) is 78.6 cm³/mol. The quantitative estimate of drug-likeness (QED) is 0.810. The lowest BCUT2D eigenvalue weighted by Gasteiger charge is -2.34. The van der Waals surface area contributed by atoms with E-state index in [4.69, 9.17) is 4.42 Å². The molecule has 0 saturated carbocycles. The van der Waals surface area contributed by atoms with Crippen molar-refractivity contribution in [2.45, 2.75) is 6.18 Å². The van der Waals surface area contributed by atoms with Crippen LogP contribution in [-0.2, 0) is 4.79 Å². The van der Waals surface area contributed by atoms with Crippen LogP contribution in [0.15, 0.2) is 23.0 Å². The molecule has 138 valence electrons. The molecule has 0 unspecified atom stereocenters. The first-order valence-electron chi connectivity index (χ1n) is 7.43. The minimum atomic E-state index is -4.54. The monoisotopic (exact) mass is 362 g/mol. The number of hydrogen-bond acceptors (Lipinski definition) is 5. The molecule has 2 rings (SSSR count). The third-order valence-corrected chi connectivity index (χ3v) is 3.50. The molecule has 0 aromatic carbocycles. The lowest BCUT2D eigenvalue weighted by atomic mass is 10.2. The third kappa shape index (κ3) is 6.10. The van der Waals surface area contributed by atoms with Crippen LogP contribution in [0.5, 0.6) is 0 Å². The lowest BCUT2D eigenvalue weighted by Crippen LogP contribution is -2.52. The molecule has 0 radical (unpaired) electrons. The summed E-state index contributed by atoms with van der Waals surface area (Å²) in [6, 6.07) is 0.359. The second kappa shape index (κ2) is 8.01. The molecular formula is C14H17F3N4O4.